The smallest absolute Gasteiger partial charge is 0.252 e. The predicted octanol–water partition coefficient (Wildman–Crippen LogP) is 3.15. The van der Waals surface area contributed by atoms with Gasteiger partial charge in [-0.2, -0.15) is 0 Å². The van der Waals surface area contributed by atoms with Gasteiger partial charge in [0.1, 0.15) is 29.6 Å². The van der Waals surface area contributed by atoms with Gasteiger partial charge in [-0.3, -0.25) is 4.79 Å². The molecule has 1 atom stereocenters. The number of amides is 1. The highest BCUT2D eigenvalue weighted by Gasteiger charge is 2.24. The highest BCUT2D eigenvalue weighted by Crippen LogP contribution is 2.29. The molecule has 11 nitrogen and oxygen atoms in total. The third-order valence-corrected chi connectivity index (χ3v) is 6.19. The van der Waals surface area contributed by atoms with E-state index in [0.717, 1.165) is 17.1 Å². The van der Waals surface area contributed by atoms with Gasteiger partial charge in [0.05, 0.1) is 13.7 Å². The van der Waals surface area contributed by atoms with Crippen LogP contribution in [0.3, 0.4) is 0 Å². The number of nitrogens with one attached hydrogen (secondary N) is 2. The van der Waals surface area contributed by atoms with E-state index in [1.807, 2.05) is 65.8 Å². The molecule has 3 heterocycles. The zero-order valence-corrected chi connectivity index (χ0v) is 21.2. The Morgan fingerprint density at radius 1 is 1.03 bits per heavy atom. The maximum Gasteiger partial charge on any atom is 0.252 e. The molecule has 0 saturated heterocycles. The van der Waals surface area contributed by atoms with E-state index in [-0.39, 0.29) is 5.91 Å². The number of aromatic nitrogens is 7. The van der Waals surface area contributed by atoms with E-state index < -0.39 is 6.04 Å². The van der Waals surface area contributed by atoms with Crippen LogP contribution < -0.4 is 15.4 Å². The molecular formula is C27H27N9O2. The molecule has 5 aromatic rings. The standard InChI is InChI=1S/C27H27N9O2/c1-35-14-13-29-26(35)24(20-9-4-5-10-22(20)38-3)32-27(37)18-7-6-8-19(15-18)30-16-23-33-34-25(36(23)2)21-11-12-28-17-31-21/h4-15,17,24,30H,16H2,1-3H3,(H,32,37)/t24-/m0/s1. The molecule has 38 heavy (non-hydrogen) atoms. The van der Waals surface area contributed by atoms with Crippen molar-refractivity contribution in [3.05, 3.63) is 102 Å². The van der Waals surface area contributed by atoms with E-state index >= 15 is 0 Å². The maximum absolute atomic E-state index is 13.4. The average molecular weight is 510 g/mol. The number of benzene rings is 2. The lowest BCUT2D eigenvalue weighted by molar-refractivity contribution is 0.0941. The molecule has 2 aromatic carbocycles. The van der Waals surface area contributed by atoms with Gasteiger partial charge in [-0.1, -0.05) is 24.3 Å². The van der Waals surface area contributed by atoms with Crippen molar-refractivity contribution in [3.63, 3.8) is 0 Å². The summed E-state index contributed by atoms with van der Waals surface area (Å²) < 4.78 is 9.32. The summed E-state index contributed by atoms with van der Waals surface area (Å²) in [5.74, 6) is 2.49. The predicted molar refractivity (Wildman–Crippen MR) is 141 cm³/mol. The van der Waals surface area contributed by atoms with Gasteiger partial charge in [-0.05, 0) is 30.3 Å². The first-order valence-electron chi connectivity index (χ1n) is 11.9. The summed E-state index contributed by atoms with van der Waals surface area (Å²) in [4.78, 5) is 26.1. The molecule has 0 aliphatic carbocycles. The zero-order valence-electron chi connectivity index (χ0n) is 21.2. The topological polar surface area (TPSA) is 125 Å². The Labute approximate surface area is 219 Å². The summed E-state index contributed by atoms with van der Waals surface area (Å²) in [6.07, 6.45) is 6.69. The summed E-state index contributed by atoms with van der Waals surface area (Å²) >= 11 is 0. The van der Waals surface area contributed by atoms with Crippen LogP contribution in [-0.4, -0.2) is 47.3 Å². The van der Waals surface area contributed by atoms with Gasteiger partial charge in [0.2, 0.25) is 0 Å². The minimum atomic E-state index is -0.505. The Balaban J connectivity index is 1.33. The van der Waals surface area contributed by atoms with Crippen molar-refractivity contribution in [1.29, 1.82) is 0 Å². The fourth-order valence-electron chi connectivity index (χ4n) is 4.17. The molecule has 0 bridgehead atoms. The number of methoxy groups -OCH3 is 1. The van der Waals surface area contributed by atoms with Crippen molar-refractivity contribution in [3.8, 4) is 17.3 Å². The molecule has 0 unspecified atom stereocenters. The number of imidazole rings is 1. The Kier molecular flexibility index (Phi) is 7.07. The van der Waals surface area contributed by atoms with Gasteiger partial charge in [-0.25, -0.2) is 15.0 Å². The van der Waals surface area contributed by atoms with Gasteiger partial charge in [0.15, 0.2) is 11.6 Å². The van der Waals surface area contributed by atoms with Crippen molar-refractivity contribution < 1.29 is 9.53 Å². The second kappa shape index (κ2) is 10.9. The molecule has 0 aliphatic rings. The number of rotatable bonds is 9. The number of ether oxygens (including phenoxy) is 1. The van der Waals surface area contributed by atoms with Crippen LogP contribution in [0.2, 0.25) is 0 Å². The van der Waals surface area contributed by atoms with E-state index in [1.165, 1.54) is 6.33 Å². The number of nitrogens with zero attached hydrogens (tertiary/aromatic N) is 7. The zero-order chi connectivity index (χ0) is 26.5. The third kappa shape index (κ3) is 5.07. The Morgan fingerprint density at radius 2 is 1.89 bits per heavy atom. The summed E-state index contributed by atoms with van der Waals surface area (Å²) in [6, 6.07) is 16.2. The lowest BCUT2D eigenvalue weighted by Crippen LogP contribution is -2.31. The normalized spacial score (nSPS) is 11.7. The van der Waals surface area contributed by atoms with Crippen LogP contribution in [0.25, 0.3) is 11.5 Å². The van der Waals surface area contributed by atoms with E-state index in [9.17, 15) is 4.79 Å². The first kappa shape index (κ1) is 24.6. The van der Waals surface area contributed by atoms with Crippen molar-refractivity contribution in [1.82, 2.24) is 39.6 Å². The number of para-hydroxylation sites is 1. The molecule has 3 aromatic heterocycles. The monoisotopic (exact) mass is 509 g/mol. The van der Waals surface area contributed by atoms with Crippen LogP contribution in [0.4, 0.5) is 5.69 Å². The molecule has 0 spiro atoms. The van der Waals surface area contributed by atoms with E-state index in [4.69, 9.17) is 4.74 Å². The van der Waals surface area contributed by atoms with E-state index in [2.05, 4.69) is 35.8 Å². The van der Waals surface area contributed by atoms with Gasteiger partial charge in [-0.15, -0.1) is 10.2 Å². The lowest BCUT2D eigenvalue weighted by atomic mass is 10.0. The fourth-order valence-corrected chi connectivity index (χ4v) is 4.17. The summed E-state index contributed by atoms with van der Waals surface area (Å²) in [6.45, 7) is 0.413. The summed E-state index contributed by atoms with van der Waals surface area (Å²) in [5.41, 5.74) is 2.78. The first-order chi connectivity index (χ1) is 18.5. The number of hydrogen-bond donors (Lipinski definition) is 2. The van der Waals surface area contributed by atoms with Crippen molar-refractivity contribution >= 4 is 11.6 Å². The molecule has 5 rings (SSSR count). The number of anilines is 1. The van der Waals surface area contributed by atoms with Gasteiger partial charge >= 0.3 is 0 Å². The fraction of sp³-hybridized carbons (Fsp3) is 0.185. The Bertz CT molecular complexity index is 1550. The maximum atomic E-state index is 13.4. The SMILES string of the molecule is COc1ccccc1[C@H](NC(=O)c1cccc(NCc2nnc(-c3ccncn3)n2C)c1)c1nccn1C. The number of aryl methyl sites for hydroxylation is 1. The molecule has 0 fully saturated rings. The molecule has 0 saturated carbocycles. The second-order valence-electron chi connectivity index (χ2n) is 8.57. The van der Waals surface area contributed by atoms with E-state index in [1.54, 1.807) is 37.7 Å². The van der Waals surface area contributed by atoms with Crippen LogP contribution in [0.1, 0.15) is 33.6 Å². The quantitative estimate of drug-likeness (QED) is 0.311. The molecule has 1 amide bonds. The number of carbonyl (C=O) groups is 1. The minimum absolute atomic E-state index is 0.239. The van der Waals surface area contributed by atoms with Crippen molar-refractivity contribution in [2.45, 2.75) is 12.6 Å². The third-order valence-electron chi connectivity index (χ3n) is 6.19. The summed E-state index contributed by atoms with van der Waals surface area (Å²) in [5, 5.41) is 15.0. The lowest BCUT2D eigenvalue weighted by Gasteiger charge is -2.21. The molecule has 2 N–H and O–H groups in total. The number of hydrogen-bond acceptors (Lipinski definition) is 8. The van der Waals surface area contributed by atoms with Gasteiger partial charge < -0.3 is 24.5 Å². The van der Waals surface area contributed by atoms with Gasteiger partial charge in [0.25, 0.3) is 5.91 Å². The molecule has 192 valence electrons. The molecule has 11 heteroatoms. The van der Waals surface area contributed by atoms with Gasteiger partial charge in [0, 0.05) is 49.5 Å². The Morgan fingerprint density at radius 3 is 2.66 bits per heavy atom. The first-order valence-corrected chi connectivity index (χ1v) is 11.9. The minimum Gasteiger partial charge on any atom is -0.496 e. The van der Waals surface area contributed by atoms with Crippen LogP contribution in [0, 0.1) is 0 Å². The van der Waals surface area contributed by atoms with Crippen LogP contribution >= 0.6 is 0 Å². The van der Waals surface area contributed by atoms with Crippen LogP contribution in [-0.2, 0) is 20.6 Å². The molecule has 0 radical (unpaired) electrons. The number of carbonyl (C=O) groups excluding carboxylic acids is 1. The molecule has 0 aliphatic heterocycles. The van der Waals surface area contributed by atoms with Crippen LogP contribution in [0.15, 0.2) is 79.5 Å². The summed E-state index contributed by atoms with van der Waals surface area (Å²) in [7, 11) is 5.39. The average Bonchev–Trinajstić information content (AvgIpc) is 3.55. The van der Waals surface area contributed by atoms with Crippen LogP contribution in [0.5, 0.6) is 5.75 Å². The molecular weight excluding hydrogens is 482 g/mol. The highest BCUT2D eigenvalue weighted by molar-refractivity contribution is 5.95. The van der Waals surface area contributed by atoms with Crippen molar-refractivity contribution in [2.24, 2.45) is 14.1 Å². The highest BCUT2D eigenvalue weighted by atomic mass is 16.5. The second-order valence-corrected chi connectivity index (χ2v) is 8.57. The van der Waals surface area contributed by atoms with E-state index in [0.29, 0.717) is 35.2 Å². The Hall–Kier alpha value is -5.06. The largest absolute Gasteiger partial charge is 0.496 e. The van der Waals surface area contributed by atoms with Crippen molar-refractivity contribution in [2.75, 3.05) is 12.4 Å².